The molecule has 0 aromatic carbocycles. The van der Waals surface area contributed by atoms with Gasteiger partial charge in [-0.3, -0.25) is 14.9 Å². The van der Waals surface area contributed by atoms with Crippen molar-refractivity contribution in [1.82, 2.24) is 10.6 Å². The number of allylic oxidation sites excluding steroid dienone is 1. The van der Waals surface area contributed by atoms with Crippen LogP contribution in [-0.2, 0) is 14.3 Å². The van der Waals surface area contributed by atoms with Gasteiger partial charge in [-0.1, -0.05) is 11.6 Å². The number of amides is 3. The minimum Gasteiger partial charge on any atom is -0.468 e. The van der Waals surface area contributed by atoms with E-state index in [4.69, 9.17) is 0 Å². The van der Waals surface area contributed by atoms with Crippen LogP contribution in [0.25, 0.3) is 0 Å². The number of methoxy groups -OCH3 is 1. The SMILES string of the molecule is COC(=O)CSCC(=O)NC(=O)NCCC1=CCCCC1. The van der Waals surface area contributed by atoms with Crippen LogP contribution < -0.4 is 10.6 Å². The molecule has 0 atom stereocenters. The second kappa shape index (κ2) is 10.3. The highest BCUT2D eigenvalue weighted by molar-refractivity contribution is 8.00. The summed E-state index contributed by atoms with van der Waals surface area (Å²) in [5.41, 5.74) is 1.38. The first-order valence-corrected chi connectivity index (χ1v) is 8.17. The lowest BCUT2D eigenvalue weighted by Gasteiger charge is -2.13. The average molecular weight is 314 g/mol. The van der Waals surface area contributed by atoms with Gasteiger partial charge in [0.1, 0.15) is 0 Å². The molecule has 1 aliphatic rings. The zero-order chi connectivity index (χ0) is 15.5. The standard InChI is InChI=1S/C14H22N2O4S/c1-20-13(18)10-21-9-12(17)16-14(19)15-8-7-11-5-3-2-4-6-11/h5H,2-4,6-10H2,1H3,(H2,15,16,17,19). The summed E-state index contributed by atoms with van der Waals surface area (Å²) in [5.74, 6) is -0.663. The first-order valence-electron chi connectivity index (χ1n) is 7.02. The molecule has 118 valence electrons. The lowest BCUT2D eigenvalue weighted by Crippen LogP contribution is -2.40. The van der Waals surface area contributed by atoms with E-state index in [9.17, 15) is 14.4 Å². The number of thioether (sulfide) groups is 1. The maximum absolute atomic E-state index is 11.5. The zero-order valence-corrected chi connectivity index (χ0v) is 13.1. The van der Waals surface area contributed by atoms with Crippen molar-refractivity contribution >= 4 is 29.7 Å². The van der Waals surface area contributed by atoms with Crippen LogP contribution in [0.5, 0.6) is 0 Å². The zero-order valence-electron chi connectivity index (χ0n) is 12.3. The van der Waals surface area contributed by atoms with Crippen LogP contribution in [0, 0.1) is 0 Å². The normalized spacial score (nSPS) is 14.0. The van der Waals surface area contributed by atoms with Crippen molar-refractivity contribution in [2.75, 3.05) is 25.2 Å². The number of imide groups is 1. The Kier molecular flexibility index (Phi) is 8.57. The molecule has 0 fully saturated rings. The topological polar surface area (TPSA) is 84.5 Å². The third-order valence-electron chi connectivity index (χ3n) is 3.05. The molecule has 1 aliphatic carbocycles. The van der Waals surface area contributed by atoms with Gasteiger partial charge in [-0.05, 0) is 32.1 Å². The first-order chi connectivity index (χ1) is 10.1. The molecule has 0 spiro atoms. The van der Waals surface area contributed by atoms with E-state index in [2.05, 4.69) is 21.4 Å². The highest BCUT2D eigenvalue weighted by atomic mass is 32.2. The summed E-state index contributed by atoms with van der Waals surface area (Å²) >= 11 is 1.11. The summed E-state index contributed by atoms with van der Waals surface area (Å²) in [4.78, 5) is 33.8. The summed E-state index contributed by atoms with van der Waals surface area (Å²) < 4.78 is 4.45. The molecule has 1 rings (SSSR count). The number of carbonyl (C=O) groups is 3. The first kappa shape index (κ1) is 17.6. The Hall–Kier alpha value is -1.50. The van der Waals surface area contributed by atoms with Crippen LogP contribution in [0.3, 0.4) is 0 Å². The van der Waals surface area contributed by atoms with Crippen LogP contribution in [-0.4, -0.2) is 43.1 Å². The van der Waals surface area contributed by atoms with E-state index in [0.717, 1.165) is 31.0 Å². The Morgan fingerprint density at radius 3 is 2.76 bits per heavy atom. The highest BCUT2D eigenvalue weighted by Gasteiger charge is 2.09. The monoisotopic (exact) mass is 314 g/mol. The molecule has 7 heteroatoms. The minimum absolute atomic E-state index is 0.0493. The Labute approximate surface area is 129 Å². The number of hydrogen-bond acceptors (Lipinski definition) is 5. The van der Waals surface area contributed by atoms with Gasteiger partial charge in [0, 0.05) is 6.54 Å². The van der Waals surface area contributed by atoms with Crippen molar-refractivity contribution in [3.05, 3.63) is 11.6 Å². The lowest BCUT2D eigenvalue weighted by molar-refractivity contribution is -0.137. The van der Waals surface area contributed by atoms with Crippen LogP contribution in [0.1, 0.15) is 32.1 Å². The van der Waals surface area contributed by atoms with Crippen molar-refractivity contribution < 1.29 is 19.1 Å². The number of carbonyl (C=O) groups excluding carboxylic acids is 3. The highest BCUT2D eigenvalue weighted by Crippen LogP contribution is 2.19. The van der Waals surface area contributed by atoms with E-state index < -0.39 is 17.9 Å². The van der Waals surface area contributed by atoms with E-state index in [1.165, 1.54) is 25.5 Å². The second-order valence-corrected chi connectivity index (χ2v) is 5.72. The maximum Gasteiger partial charge on any atom is 0.321 e. The molecule has 0 aromatic heterocycles. The van der Waals surface area contributed by atoms with Gasteiger partial charge in [0.2, 0.25) is 5.91 Å². The summed E-state index contributed by atoms with van der Waals surface area (Å²) in [6.45, 7) is 0.528. The number of ether oxygens (including phenoxy) is 1. The van der Waals surface area contributed by atoms with E-state index in [0.29, 0.717) is 6.54 Å². The van der Waals surface area contributed by atoms with Crippen molar-refractivity contribution in [1.29, 1.82) is 0 Å². The van der Waals surface area contributed by atoms with Crippen molar-refractivity contribution in [3.63, 3.8) is 0 Å². The van der Waals surface area contributed by atoms with Crippen LogP contribution in [0.4, 0.5) is 4.79 Å². The van der Waals surface area contributed by atoms with E-state index in [1.807, 2.05) is 0 Å². The summed E-state index contributed by atoms with van der Waals surface area (Å²) in [6.07, 6.45) is 7.75. The summed E-state index contributed by atoms with van der Waals surface area (Å²) in [5, 5.41) is 4.89. The van der Waals surface area contributed by atoms with Gasteiger partial charge in [-0.2, -0.15) is 0 Å². The van der Waals surface area contributed by atoms with Gasteiger partial charge < -0.3 is 10.1 Å². The fourth-order valence-electron chi connectivity index (χ4n) is 1.96. The molecular weight excluding hydrogens is 292 g/mol. The summed E-state index contributed by atoms with van der Waals surface area (Å²) in [7, 11) is 1.29. The van der Waals surface area contributed by atoms with Crippen molar-refractivity contribution in [2.24, 2.45) is 0 Å². The minimum atomic E-state index is -0.491. The third-order valence-corrected chi connectivity index (χ3v) is 3.96. The molecular formula is C14H22N2O4S. The smallest absolute Gasteiger partial charge is 0.321 e. The van der Waals surface area contributed by atoms with Crippen molar-refractivity contribution in [3.8, 4) is 0 Å². The predicted octanol–water partition coefficient (Wildman–Crippen LogP) is 1.61. The molecule has 0 bridgehead atoms. The Bertz CT molecular complexity index is 410. The van der Waals surface area contributed by atoms with Crippen LogP contribution in [0.2, 0.25) is 0 Å². The third kappa shape index (κ3) is 8.39. The quantitative estimate of drug-likeness (QED) is 0.551. The van der Waals surface area contributed by atoms with Gasteiger partial charge >= 0.3 is 12.0 Å². The Morgan fingerprint density at radius 2 is 2.10 bits per heavy atom. The average Bonchev–Trinajstić information content (AvgIpc) is 2.48. The number of esters is 1. The van der Waals surface area contributed by atoms with Gasteiger partial charge in [0.05, 0.1) is 18.6 Å². The van der Waals surface area contributed by atoms with E-state index >= 15 is 0 Å². The number of nitrogens with one attached hydrogen (secondary N) is 2. The molecule has 0 aromatic rings. The lowest BCUT2D eigenvalue weighted by atomic mass is 9.97. The fourth-order valence-corrected chi connectivity index (χ4v) is 2.61. The molecule has 0 saturated heterocycles. The van der Waals surface area contributed by atoms with Gasteiger partial charge in [-0.25, -0.2) is 4.79 Å². The number of rotatable bonds is 7. The van der Waals surface area contributed by atoms with Gasteiger partial charge in [0.25, 0.3) is 0 Å². The van der Waals surface area contributed by atoms with Crippen LogP contribution in [0.15, 0.2) is 11.6 Å². The molecule has 0 unspecified atom stereocenters. The molecule has 0 aliphatic heterocycles. The molecule has 6 nitrogen and oxygen atoms in total. The fraction of sp³-hybridized carbons (Fsp3) is 0.643. The second-order valence-electron chi connectivity index (χ2n) is 4.73. The molecule has 0 saturated carbocycles. The predicted molar refractivity (Wildman–Crippen MR) is 82.1 cm³/mol. The van der Waals surface area contributed by atoms with E-state index in [1.54, 1.807) is 0 Å². The van der Waals surface area contributed by atoms with Gasteiger partial charge in [-0.15, -0.1) is 11.8 Å². The molecule has 3 amide bonds. The van der Waals surface area contributed by atoms with Gasteiger partial charge in [0.15, 0.2) is 0 Å². The Morgan fingerprint density at radius 1 is 1.29 bits per heavy atom. The Balaban J connectivity index is 2.08. The van der Waals surface area contributed by atoms with E-state index in [-0.39, 0.29) is 11.5 Å². The molecule has 21 heavy (non-hydrogen) atoms. The molecule has 0 radical (unpaired) electrons. The van der Waals surface area contributed by atoms with Crippen molar-refractivity contribution in [2.45, 2.75) is 32.1 Å². The number of urea groups is 1. The largest absolute Gasteiger partial charge is 0.468 e. The molecule has 2 N–H and O–H groups in total. The summed E-state index contributed by atoms with van der Waals surface area (Å²) in [6, 6.07) is -0.491. The number of hydrogen-bond donors (Lipinski definition) is 2. The molecule has 0 heterocycles. The maximum atomic E-state index is 11.5. The van der Waals surface area contributed by atoms with Crippen LogP contribution >= 0.6 is 11.8 Å².